The third-order valence-electron chi connectivity index (χ3n) is 4.09. The lowest BCUT2D eigenvalue weighted by Gasteiger charge is -2.28. The number of ether oxygens (including phenoxy) is 3. The van der Waals surface area contributed by atoms with E-state index in [1.165, 1.54) is 12.0 Å². The molecule has 1 N–H and O–H groups in total. The van der Waals surface area contributed by atoms with Gasteiger partial charge in [0.05, 0.1) is 24.9 Å². The molecule has 0 unspecified atom stereocenters. The minimum absolute atomic E-state index is 0.0397. The summed E-state index contributed by atoms with van der Waals surface area (Å²) in [7, 11) is 1.50. The molecule has 0 fully saturated rings. The summed E-state index contributed by atoms with van der Waals surface area (Å²) >= 11 is 0. The van der Waals surface area contributed by atoms with Crippen LogP contribution in [0.25, 0.3) is 0 Å². The van der Waals surface area contributed by atoms with E-state index in [9.17, 15) is 14.4 Å². The van der Waals surface area contributed by atoms with Crippen molar-refractivity contribution in [3.05, 3.63) is 48.5 Å². The first kappa shape index (κ1) is 19.2. The fraction of sp³-hybridized carbons (Fsp3) is 0.250. The van der Waals surface area contributed by atoms with Crippen LogP contribution in [0.1, 0.15) is 6.42 Å². The number of anilines is 2. The van der Waals surface area contributed by atoms with E-state index in [2.05, 4.69) is 5.32 Å². The molecule has 3 rings (SSSR count). The summed E-state index contributed by atoms with van der Waals surface area (Å²) in [5.74, 6) is -0.198. The number of carbonyl (C=O) groups is 3. The zero-order valence-electron chi connectivity index (χ0n) is 15.3. The van der Waals surface area contributed by atoms with Crippen LogP contribution in [0.4, 0.5) is 11.4 Å². The second-order valence-electron chi connectivity index (χ2n) is 5.96. The van der Waals surface area contributed by atoms with Crippen LogP contribution in [-0.4, -0.2) is 44.7 Å². The van der Waals surface area contributed by atoms with Crippen LogP contribution >= 0.6 is 0 Å². The second kappa shape index (κ2) is 8.90. The fourth-order valence-corrected chi connectivity index (χ4v) is 2.75. The van der Waals surface area contributed by atoms with E-state index in [4.69, 9.17) is 14.2 Å². The highest BCUT2D eigenvalue weighted by atomic mass is 16.5. The number of rotatable bonds is 7. The first-order valence-corrected chi connectivity index (χ1v) is 8.69. The second-order valence-corrected chi connectivity index (χ2v) is 5.96. The Morgan fingerprint density at radius 1 is 1.14 bits per heavy atom. The quantitative estimate of drug-likeness (QED) is 0.734. The molecule has 2 aromatic carbocycles. The Balaban J connectivity index is 1.48. The number of methoxy groups -OCH3 is 1. The van der Waals surface area contributed by atoms with Gasteiger partial charge in [-0.15, -0.1) is 0 Å². The highest BCUT2D eigenvalue weighted by Crippen LogP contribution is 2.31. The Morgan fingerprint density at radius 3 is 2.71 bits per heavy atom. The Labute approximate surface area is 162 Å². The van der Waals surface area contributed by atoms with Gasteiger partial charge in [0, 0.05) is 6.54 Å². The highest BCUT2D eigenvalue weighted by Gasteiger charge is 2.25. The van der Waals surface area contributed by atoms with Crippen molar-refractivity contribution in [2.45, 2.75) is 6.42 Å². The Hall–Kier alpha value is -3.55. The van der Waals surface area contributed by atoms with Crippen molar-refractivity contribution in [2.75, 3.05) is 37.1 Å². The van der Waals surface area contributed by atoms with Gasteiger partial charge < -0.3 is 24.4 Å². The van der Waals surface area contributed by atoms with E-state index in [1.54, 1.807) is 48.5 Å². The summed E-state index contributed by atoms with van der Waals surface area (Å²) in [4.78, 5) is 37.5. The van der Waals surface area contributed by atoms with Crippen molar-refractivity contribution in [1.29, 1.82) is 0 Å². The monoisotopic (exact) mass is 384 g/mol. The summed E-state index contributed by atoms with van der Waals surface area (Å²) in [6.45, 7) is -0.357. The summed E-state index contributed by atoms with van der Waals surface area (Å²) in [6.07, 6.45) is -0.0397. The fourth-order valence-electron chi connectivity index (χ4n) is 2.75. The van der Waals surface area contributed by atoms with E-state index in [0.717, 1.165) is 0 Å². The maximum Gasteiger partial charge on any atom is 0.308 e. The minimum atomic E-state index is -0.577. The van der Waals surface area contributed by atoms with Gasteiger partial charge in [-0.1, -0.05) is 24.3 Å². The molecule has 1 heterocycles. The van der Waals surface area contributed by atoms with Gasteiger partial charge in [0.25, 0.3) is 11.8 Å². The lowest BCUT2D eigenvalue weighted by Crippen LogP contribution is -2.40. The maximum absolute atomic E-state index is 12.1. The van der Waals surface area contributed by atoms with Crippen molar-refractivity contribution in [3.8, 4) is 11.5 Å². The maximum atomic E-state index is 12.1. The van der Waals surface area contributed by atoms with Crippen molar-refractivity contribution in [2.24, 2.45) is 0 Å². The molecule has 0 atom stereocenters. The number of nitrogens with zero attached hydrogens (tertiary/aromatic N) is 1. The molecule has 146 valence electrons. The van der Waals surface area contributed by atoms with Crippen LogP contribution in [0.3, 0.4) is 0 Å². The van der Waals surface area contributed by atoms with Crippen molar-refractivity contribution in [1.82, 2.24) is 0 Å². The van der Waals surface area contributed by atoms with E-state index in [1.807, 2.05) is 0 Å². The van der Waals surface area contributed by atoms with Crippen molar-refractivity contribution >= 4 is 29.2 Å². The van der Waals surface area contributed by atoms with Gasteiger partial charge in [0.2, 0.25) is 0 Å². The van der Waals surface area contributed by atoms with Gasteiger partial charge in [-0.25, -0.2) is 0 Å². The Bertz CT molecular complexity index is 883. The van der Waals surface area contributed by atoms with Gasteiger partial charge >= 0.3 is 5.97 Å². The number of fused-ring (bicyclic) bond motifs is 1. The largest absolute Gasteiger partial charge is 0.495 e. The van der Waals surface area contributed by atoms with Crippen LogP contribution in [-0.2, 0) is 19.1 Å². The number of nitrogens with one attached hydrogen (secondary N) is 1. The molecule has 1 aliphatic heterocycles. The normalized spacial score (nSPS) is 12.6. The number of esters is 1. The molecule has 0 saturated carbocycles. The third-order valence-corrected chi connectivity index (χ3v) is 4.09. The Morgan fingerprint density at radius 2 is 1.89 bits per heavy atom. The SMILES string of the molecule is COc1ccccc1NC(=O)COC(=O)CCN1C(=O)COc2ccccc21. The zero-order valence-corrected chi connectivity index (χ0v) is 15.3. The molecule has 0 saturated heterocycles. The first-order chi connectivity index (χ1) is 13.6. The van der Waals surface area contributed by atoms with Gasteiger partial charge in [-0.3, -0.25) is 14.4 Å². The molecule has 0 bridgehead atoms. The van der Waals surface area contributed by atoms with Gasteiger partial charge in [-0.2, -0.15) is 0 Å². The summed E-state index contributed by atoms with van der Waals surface area (Å²) < 4.78 is 15.5. The topological polar surface area (TPSA) is 94.2 Å². The zero-order chi connectivity index (χ0) is 19.9. The number of para-hydroxylation sites is 4. The van der Waals surface area contributed by atoms with E-state index in [-0.39, 0.29) is 25.5 Å². The van der Waals surface area contributed by atoms with Gasteiger partial charge in [0.15, 0.2) is 13.2 Å². The molecule has 28 heavy (non-hydrogen) atoms. The lowest BCUT2D eigenvalue weighted by atomic mass is 10.2. The molecule has 0 radical (unpaired) electrons. The standard InChI is InChI=1S/C20H20N2O6/c1-26-16-8-4-2-6-14(16)21-18(23)12-28-20(25)10-11-22-15-7-3-5-9-17(15)27-13-19(22)24/h2-9H,10-13H2,1H3,(H,21,23). The van der Waals surface area contributed by atoms with Crippen LogP contribution in [0.5, 0.6) is 11.5 Å². The van der Waals surface area contributed by atoms with Crippen LogP contribution in [0.15, 0.2) is 48.5 Å². The smallest absolute Gasteiger partial charge is 0.308 e. The van der Waals surface area contributed by atoms with Crippen LogP contribution in [0.2, 0.25) is 0 Å². The number of hydrogen-bond acceptors (Lipinski definition) is 6. The molecule has 8 heteroatoms. The van der Waals surface area contributed by atoms with Gasteiger partial charge in [0.1, 0.15) is 11.5 Å². The summed E-state index contributed by atoms with van der Waals surface area (Å²) in [6, 6.07) is 14.0. The molecule has 0 aromatic heterocycles. The number of carbonyl (C=O) groups excluding carboxylic acids is 3. The summed E-state index contributed by atoms with van der Waals surface area (Å²) in [5, 5.41) is 2.62. The molecule has 1 aliphatic rings. The summed E-state index contributed by atoms with van der Waals surface area (Å²) in [5.41, 5.74) is 1.10. The predicted molar refractivity (Wildman–Crippen MR) is 101 cm³/mol. The third kappa shape index (κ3) is 4.59. The highest BCUT2D eigenvalue weighted by molar-refractivity contribution is 5.98. The Kier molecular flexibility index (Phi) is 6.11. The minimum Gasteiger partial charge on any atom is -0.495 e. The molecule has 0 spiro atoms. The predicted octanol–water partition coefficient (Wildman–Crippen LogP) is 1.99. The van der Waals surface area contributed by atoms with Crippen molar-refractivity contribution < 1.29 is 28.6 Å². The number of benzene rings is 2. The molecule has 2 amide bonds. The van der Waals surface area contributed by atoms with E-state index < -0.39 is 18.5 Å². The average Bonchev–Trinajstić information content (AvgIpc) is 2.72. The van der Waals surface area contributed by atoms with Gasteiger partial charge in [-0.05, 0) is 24.3 Å². The molecule has 8 nitrogen and oxygen atoms in total. The van der Waals surface area contributed by atoms with Crippen molar-refractivity contribution in [3.63, 3.8) is 0 Å². The molecule has 0 aliphatic carbocycles. The average molecular weight is 384 g/mol. The molecule has 2 aromatic rings. The van der Waals surface area contributed by atoms with Crippen LogP contribution < -0.4 is 19.7 Å². The molecular weight excluding hydrogens is 364 g/mol. The number of hydrogen-bond donors (Lipinski definition) is 1. The number of amides is 2. The van der Waals surface area contributed by atoms with Crippen LogP contribution in [0, 0.1) is 0 Å². The molecular formula is C20H20N2O6. The van der Waals surface area contributed by atoms with E-state index in [0.29, 0.717) is 22.9 Å². The van der Waals surface area contributed by atoms with E-state index >= 15 is 0 Å². The first-order valence-electron chi connectivity index (χ1n) is 8.69. The lowest BCUT2D eigenvalue weighted by molar-refractivity contribution is -0.147.